The molecule has 0 saturated carbocycles. The van der Waals surface area contributed by atoms with Gasteiger partial charge in [0.05, 0.1) is 12.9 Å². The molecule has 0 aliphatic carbocycles. The molecule has 2 rings (SSSR count). The van der Waals surface area contributed by atoms with Gasteiger partial charge in [-0.25, -0.2) is 0 Å². The van der Waals surface area contributed by atoms with Crippen molar-refractivity contribution in [3.8, 4) is 0 Å². The summed E-state index contributed by atoms with van der Waals surface area (Å²) in [6, 6.07) is 0. The summed E-state index contributed by atoms with van der Waals surface area (Å²) in [5.41, 5.74) is 0. The van der Waals surface area contributed by atoms with Crippen molar-refractivity contribution in [2.45, 2.75) is 63.7 Å². The third kappa shape index (κ3) is 3.23. The fourth-order valence-corrected chi connectivity index (χ4v) is 2.59. The first kappa shape index (κ1) is 15.5. The second-order valence-corrected chi connectivity index (χ2v) is 5.93. The molecule has 20 heavy (non-hydrogen) atoms. The van der Waals surface area contributed by atoms with E-state index in [0.717, 1.165) is 0 Å². The molecule has 0 aromatic carbocycles. The van der Waals surface area contributed by atoms with Gasteiger partial charge in [0.25, 0.3) is 0 Å². The third-order valence-corrected chi connectivity index (χ3v) is 3.37. The lowest BCUT2D eigenvalue weighted by atomic mass is 10.0. The summed E-state index contributed by atoms with van der Waals surface area (Å²) < 4.78 is 28.9. The molecule has 2 aliphatic rings. The van der Waals surface area contributed by atoms with Crippen LogP contribution in [-0.4, -0.2) is 42.6 Å². The Morgan fingerprint density at radius 1 is 1.00 bits per heavy atom. The minimum Gasteiger partial charge on any atom is -0.493 e. The molecule has 2 aliphatic heterocycles. The van der Waals surface area contributed by atoms with Gasteiger partial charge >= 0.3 is 0 Å². The Balaban J connectivity index is 2.20. The molecule has 5 nitrogen and oxygen atoms in total. The summed E-state index contributed by atoms with van der Waals surface area (Å²) in [6.07, 6.45) is 1.98. The minimum atomic E-state index is -0.687. The molecule has 114 valence electrons. The Bertz CT molecular complexity index is 376. The standard InChI is InChI=1S/C15H24O5/c1-7-10-12(20-15(5,6)18-10)13-11(16-8-2)9-17-14(3,4)19-13/h7-8,10-13H,1-2,9H2,3-6H3/t10-,11+,12+,13+/m0/s1. The summed E-state index contributed by atoms with van der Waals surface area (Å²) in [4.78, 5) is 0. The second-order valence-electron chi connectivity index (χ2n) is 5.93. The maximum absolute atomic E-state index is 6.00. The van der Waals surface area contributed by atoms with Gasteiger partial charge in [-0.2, -0.15) is 0 Å². The third-order valence-electron chi connectivity index (χ3n) is 3.37. The zero-order valence-corrected chi connectivity index (χ0v) is 12.6. The highest BCUT2D eigenvalue weighted by molar-refractivity contribution is 5.00. The second kappa shape index (κ2) is 5.48. The Hall–Kier alpha value is -0.880. The first-order chi connectivity index (χ1) is 9.28. The van der Waals surface area contributed by atoms with Gasteiger partial charge < -0.3 is 23.7 Å². The van der Waals surface area contributed by atoms with Crippen molar-refractivity contribution in [3.05, 3.63) is 25.5 Å². The first-order valence-corrected chi connectivity index (χ1v) is 6.84. The molecule has 0 unspecified atom stereocenters. The smallest absolute Gasteiger partial charge is 0.164 e. The molecule has 2 saturated heterocycles. The summed E-state index contributed by atoms with van der Waals surface area (Å²) in [7, 11) is 0. The largest absolute Gasteiger partial charge is 0.493 e. The quantitative estimate of drug-likeness (QED) is 0.586. The Morgan fingerprint density at radius 3 is 2.25 bits per heavy atom. The van der Waals surface area contributed by atoms with Crippen molar-refractivity contribution in [1.82, 2.24) is 0 Å². The molecule has 2 fully saturated rings. The molecule has 0 radical (unpaired) electrons. The Morgan fingerprint density at radius 2 is 1.65 bits per heavy atom. The van der Waals surface area contributed by atoms with E-state index in [1.807, 2.05) is 27.7 Å². The normalized spacial score (nSPS) is 39.2. The molecule has 0 N–H and O–H groups in total. The van der Waals surface area contributed by atoms with E-state index in [9.17, 15) is 0 Å². The number of hydrogen-bond acceptors (Lipinski definition) is 5. The molecule has 4 atom stereocenters. The van der Waals surface area contributed by atoms with Gasteiger partial charge in [-0.15, -0.1) is 6.58 Å². The fourth-order valence-electron chi connectivity index (χ4n) is 2.59. The van der Waals surface area contributed by atoms with Crippen LogP contribution >= 0.6 is 0 Å². The molecule has 0 aromatic heterocycles. The van der Waals surface area contributed by atoms with Crippen molar-refractivity contribution in [1.29, 1.82) is 0 Å². The predicted octanol–water partition coefficient (Wildman–Crippen LogP) is 2.37. The summed E-state index contributed by atoms with van der Waals surface area (Å²) in [5, 5.41) is 0. The van der Waals surface area contributed by atoms with Crippen molar-refractivity contribution in [3.63, 3.8) is 0 Å². The van der Waals surface area contributed by atoms with E-state index in [4.69, 9.17) is 23.7 Å². The van der Waals surface area contributed by atoms with E-state index in [-0.39, 0.29) is 24.4 Å². The maximum Gasteiger partial charge on any atom is 0.164 e. The van der Waals surface area contributed by atoms with E-state index in [0.29, 0.717) is 6.61 Å². The molecule has 0 amide bonds. The predicted molar refractivity (Wildman–Crippen MR) is 74.0 cm³/mol. The lowest BCUT2D eigenvalue weighted by molar-refractivity contribution is -0.322. The lowest BCUT2D eigenvalue weighted by Crippen LogP contribution is -2.56. The maximum atomic E-state index is 6.00. The van der Waals surface area contributed by atoms with Crippen molar-refractivity contribution >= 4 is 0 Å². The van der Waals surface area contributed by atoms with Crippen LogP contribution in [0.3, 0.4) is 0 Å². The van der Waals surface area contributed by atoms with Gasteiger partial charge in [0.15, 0.2) is 11.6 Å². The summed E-state index contributed by atoms with van der Waals surface area (Å²) in [5.74, 6) is -1.36. The van der Waals surface area contributed by atoms with Crippen LogP contribution in [-0.2, 0) is 23.7 Å². The number of ether oxygens (including phenoxy) is 5. The van der Waals surface area contributed by atoms with Crippen LogP contribution in [0.4, 0.5) is 0 Å². The van der Waals surface area contributed by atoms with Gasteiger partial charge in [-0.05, 0) is 27.7 Å². The molecule has 0 bridgehead atoms. The highest BCUT2D eigenvalue weighted by Crippen LogP contribution is 2.36. The van der Waals surface area contributed by atoms with Crippen LogP contribution < -0.4 is 0 Å². The van der Waals surface area contributed by atoms with Crippen LogP contribution in [0.2, 0.25) is 0 Å². The average molecular weight is 284 g/mol. The van der Waals surface area contributed by atoms with Crippen molar-refractivity contribution in [2.24, 2.45) is 0 Å². The Kier molecular flexibility index (Phi) is 4.25. The van der Waals surface area contributed by atoms with Gasteiger partial charge in [0, 0.05) is 0 Å². The molecule has 2 heterocycles. The minimum absolute atomic E-state index is 0.250. The van der Waals surface area contributed by atoms with E-state index >= 15 is 0 Å². The van der Waals surface area contributed by atoms with E-state index in [1.165, 1.54) is 6.26 Å². The summed E-state index contributed by atoms with van der Waals surface area (Å²) in [6.45, 7) is 15.3. The van der Waals surface area contributed by atoms with Crippen LogP contribution in [0, 0.1) is 0 Å². The molecular formula is C15H24O5. The zero-order chi connectivity index (χ0) is 15.0. The highest BCUT2D eigenvalue weighted by atomic mass is 16.8. The lowest BCUT2D eigenvalue weighted by Gasteiger charge is -2.42. The number of hydrogen-bond donors (Lipinski definition) is 0. The molecule has 5 heteroatoms. The van der Waals surface area contributed by atoms with Crippen LogP contribution in [0.15, 0.2) is 25.5 Å². The fraction of sp³-hybridized carbons (Fsp3) is 0.733. The van der Waals surface area contributed by atoms with Crippen molar-refractivity contribution in [2.75, 3.05) is 6.61 Å². The van der Waals surface area contributed by atoms with Gasteiger partial charge in [0.2, 0.25) is 0 Å². The summed E-state index contributed by atoms with van der Waals surface area (Å²) >= 11 is 0. The van der Waals surface area contributed by atoms with Crippen molar-refractivity contribution < 1.29 is 23.7 Å². The van der Waals surface area contributed by atoms with E-state index in [1.54, 1.807) is 6.08 Å². The van der Waals surface area contributed by atoms with Gasteiger partial charge in [0.1, 0.15) is 24.4 Å². The molecule has 0 spiro atoms. The van der Waals surface area contributed by atoms with E-state index in [2.05, 4.69) is 13.2 Å². The monoisotopic (exact) mass is 284 g/mol. The van der Waals surface area contributed by atoms with Gasteiger partial charge in [-0.3, -0.25) is 0 Å². The van der Waals surface area contributed by atoms with Gasteiger partial charge in [-0.1, -0.05) is 12.7 Å². The zero-order valence-electron chi connectivity index (χ0n) is 12.6. The first-order valence-electron chi connectivity index (χ1n) is 6.84. The van der Waals surface area contributed by atoms with Crippen LogP contribution in [0.25, 0.3) is 0 Å². The molecule has 0 aromatic rings. The average Bonchev–Trinajstić information content (AvgIpc) is 2.67. The Labute approximate surface area is 120 Å². The topological polar surface area (TPSA) is 46.2 Å². The van der Waals surface area contributed by atoms with Crippen LogP contribution in [0.1, 0.15) is 27.7 Å². The molecular weight excluding hydrogens is 260 g/mol. The number of rotatable bonds is 4. The SMILES string of the molecule is C=CO[C@@H]1COC(C)(C)O[C@H]1[C@@H]1OC(C)(C)O[C@H]1C=C. The highest BCUT2D eigenvalue weighted by Gasteiger charge is 2.51. The van der Waals surface area contributed by atoms with Crippen LogP contribution in [0.5, 0.6) is 0 Å². The van der Waals surface area contributed by atoms with E-state index < -0.39 is 11.6 Å².